The zero-order valence-corrected chi connectivity index (χ0v) is 15.3. The Hall–Kier alpha value is -1.59. The summed E-state index contributed by atoms with van der Waals surface area (Å²) in [6, 6.07) is 17.9. The number of nitrogens with zero attached hydrogens (tertiary/aromatic N) is 1. The molecule has 0 spiro atoms. The molecule has 2 atom stereocenters. The fourth-order valence-corrected chi connectivity index (χ4v) is 3.18. The third-order valence-electron chi connectivity index (χ3n) is 4.62. The highest BCUT2D eigenvalue weighted by atomic mass is 35.5. The van der Waals surface area contributed by atoms with Crippen molar-refractivity contribution in [2.45, 2.75) is 12.0 Å². The molecule has 1 heterocycles. The summed E-state index contributed by atoms with van der Waals surface area (Å²) in [7, 11) is 1.65. The number of halogens is 1. The summed E-state index contributed by atoms with van der Waals surface area (Å²) in [5.74, 6) is 0.827. The number of hydrogen-bond acceptors (Lipinski definition) is 4. The number of ether oxygens (including phenoxy) is 2. The number of hydrogen-bond donors (Lipinski definition) is 1. The number of aliphatic hydroxyl groups excluding tert-OH is 1. The molecule has 136 valence electrons. The first-order valence-electron chi connectivity index (χ1n) is 8.45. The number of rotatable bonds is 6. The predicted molar refractivity (Wildman–Crippen MR) is 102 cm³/mol. The highest BCUT2D eigenvalue weighted by molar-refractivity contribution is 5.85. The summed E-state index contributed by atoms with van der Waals surface area (Å²) in [6.07, 6.45) is -0.554. The smallest absolute Gasteiger partial charge is 0.118 e. The van der Waals surface area contributed by atoms with Crippen LogP contribution in [0.4, 0.5) is 0 Å². The molecule has 0 radical (unpaired) electrons. The van der Waals surface area contributed by atoms with Crippen LogP contribution in [-0.4, -0.2) is 50.0 Å². The Labute approximate surface area is 155 Å². The summed E-state index contributed by atoms with van der Waals surface area (Å²) in [5.41, 5.74) is 2.07. The largest absolute Gasteiger partial charge is 0.497 e. The van der Waals surface area contributed by atoms with Crippen LogP contribution in [0.15, 0.2) is 54.6 Å². The van der Waals surface area contributed by atoms with Gasteiger partial charge in [-0.2, -0.15) is 0 Å². The molecule has 1 fully saturated rings. The van der Waals surface area contributed by atoms with Crippen LogP contribution >= 0.6 is 12.4 Å². The minimum atomic E-state index is -0.554. The van der Waals surface area contributed by atoms with Crippen molar-refractivity contribution in [2.75, 3.05) is 40.0 Å². The van der Waals surface area contributed by atoms with E-state index in [0.29, 0.717) is 0 Å². The molecule has 0 aromatic heterocycles. The van der Waals surface area contributed by atoms with Crippen molar-refractivity contribution in [3.05, 3.63) is 65.7 Å². The summed E-state index contributed by atoms with van der Waals surface area (Å²) in [4.78, 5) is 2.37. The van der Waals surface area contributed by atoms with Crippen LogP contribution in [0.25, 0.3) is 0 Å². The maximum absolute atomic E-state index is 11.0. The van der Waals surface area contributed by atoms with Gasteiger partial charge in [0.25, 0.3) is 0 Å². The van der Waals surface area contributed by atoms with E-state index in [0.717, 1.165) is 49.7 Å². The van der Waals surface area contributed by atoms with Gasteiger partial charge in [0.15, 0.2) is 0 Å². The van der Waals surface area contributed by atoms with E-state index in [1.807, 2.05) is 42.5 Å². The van der Waals surface area contributed by atoms with E-state index in [1.54, 1.807) is 7.11 Å². The van der Waals surface area contributed by atoms with Crippen molar-refractivity contribution in [3.63, 3.8) is 0 Å². The van der Waals surface area contributed by atoms with Gasteiger partial charge in [-0.15, -0.1) is 12.4 Å². The van der Waals surface area contributed by atoms with E-state index >= 15 is 0 Å². The van der Waals surface area contributed by atoms with Crippen molar-refractivity contribution in [1.82, 2.24) is 4.90 Å². The molecule has 1 aliphatic heterocycles. The average Bonchev–Trinajstić information content (AvgIpc) is 2.67. The van der Waals surface area contributed by atoms with Crippen molar-refractivity contribution in [3.8, 4) is 5.75 Å². The second-order valence-electron chi connectivity index (χ2n) is 6.15. The Morgan fingerprint density at radius 3 is 2.24 bits per heavy atom. The zero-order chi connectivity index (χ0) is 16.8. The van der Waals surface area contributed by atoms with Crippen LogP contribution in [0, 0.1) is 0 Å². The maximum Gasteiger partial charge on any atom is 0.118 e. The van der Waals surface area contributed by atoms with Gasteiger partial charge in [-0.3, -0.25) is 4.90 Å². The molecule has 1 N–H and O–H groups in total. The first-order valence-corrected chi connectivity index (χ1v) is 8.45. The summed E-state index contributed by atoms with van der Waals surface area (Å²) in [6.45, 7) is 4.18. The Balaban J connectivity index is 0.00000225. The first-order chi connectivity index (χ1) is 11.8. The standard InChI is InChI=1S/C20H25NO3.ClH/c1-23-18-9-7-17(8-10-18)20(22)19(16-5-3-2-4-6-16)15-21-11-13-24-14-12-21;/h2-10,19-20,22H,11-15H2,1H3;1H. The molecule has 2 aromatic carbocycles. The number of aliphatic hydroxyl groups is 1. The Bertz CT molecular complexity index is 615. The molecule has 1 saturated heterocycles. The third-order valence-corrected chi connectivity index (χ3v) is 4.62. The molecule has 5 heteroatoms. The fraction of sp³-hybridized carbons (Fsp3) is 0.400. The first kappa shape index (κ1) is 19.7. The molecular formula is C20H26ClNO3. The van der Waals surface area contributed by atoms with Crippen molar-refractivity contribution in [2.24, 2.45) is 0 Å². The van der Waals surface area contributed by atoms with Crippen molar-refractivity contribution in [1.29, 1.82) is 0 Å². The van der Waals surface area contributed by atoms with E-state index in [-0.39, 0.29) is 18.3 Å². The van der Waals surface area contributed by atoms with Gasteiger partial charge in [0, 0.05) is 25.6 Å². The van der Waals surface area contributed by atoms with Crippen LogP contribution in [0.3, 0.4) is 0 Å². The summed E-state index contributed by atoms with van der Waals surface area (Å²) in [5, 5.41) is 11.0. The Morgan fingerprint density at radius 1 is 1.00 bits per heavy atom. The molecular weight excluding hydrogens is 338 g/mol. The highest BCUT2D eigenvalue weighted by Crippen LogP contribution is 2.32. The van der Waals surface area contributed by atoms with Crippen LogP contribution in [0.5, 0.6) is 5.75 Å². The van der Waals surface area contributed by atoms with Gasteiger partial charge in [-0.25, -0.2) is 0 Å². The van der Waals surface area contributed by atoms with E-state index in [2.05, 4.69) is 17.0 Å². The molecule has 4 nitrogen and oxygen atoms in total. The maximum atomic E-state index is 11.0. The number of methoxy groups -OCH3 is 1. The SMILES string of the molecule is COc1ccc(C(O)C(CN2CCOCC2)c2ccccc2)cc1.Cl. The van der Waals surface area contributed by atoms with E-state index < -0.39 is 6.10 Å². The van der Waals surface area contributed by atoms with E-state index in [1.165, 1.54) is 0 Å². The van der Waals surface area contributed by atoms with Crippen molar-refractivity contribution >= 4 is 12.4 Å². The molecule has 2 aromatic rings. The fourth-order valence-electron chi connectivity index (χ4n) is 3.18. The third kappa shape index (κ3) is 5.19. The Morgan fingerprint density at radius 2 is 1.64 bits per heavy atom. The molecule has 3 rings (SSSR count). The summed E-state index contributed by atoms with van der Waals surface area (Å²) < 4.78 is 10.7. The lowest BCUT2D eigenvalue weighted by atomic mass is 9.88. The van der Waals surface area contributed by atoms with E-state index in [4.69, 9.17) is 9.47 Å². The molecule has 0 amide bonds. The quantitative estimate of drug-likeness (QED) is 0.855. The van der Waals surface area contributed by atoms with Gasteiger partial charge in [0.2, 0.25) is 0 Å². The molecule has 1 aliphatic rings. The lowest BCUT2D eigenvalue weighted by molar-refractivity contribution is 0.0240. The van der Waals surface area contributed by atoms with Crippen LogP contribution in [0.1, 0.15) is 23.1 Å². The number of benzene rings is 2. The zero-order valence-electron chi connectivity index (χ0n) is 14.5. The second kappa shape index (κ2) is 9.78. The lowest BCUT2D eigenvalue weighted by Crippen LogP contribution is -2.39. The van der Waals surface area contributed by atoms with Crippen LogP contribution < -0.4 is 4.74 Å². The van der Waals surface area contributed by atoms with Gasteiger partial charge in [0.1, 0.15) is 5.75 Å². The van der Waals surface area contributed by atoms with Crippen molar-refractivity contribution < 1.29 is 14.6 Å². The van der Waals surface area contributed by atoms with Gasteiger partial charge in [0.05, 0.1) is 26.4 Å². The molecule has 2 unspecified atom stereocenters. The van der Waals surface area contributed by atoms with Crippen LogP contribution in [-0.2, 0) is 4.74 Å². The predicted octanol–water partition coefficient (Wildman–Crippen LogP) is 3.27. The van der Waals surface area contributed by atoms with Crippen LogP contribution in [0.2, 0.25) is 0 Å². The topological polar surface area (TPSA) is 41.9 Å². The normalized spacial score (nSPS) is 17.4. The highest BCUT2D eigenvalue weighted by Gasteiger charge is 2.26. The summed E-state index contributed by atoms with van der Waals surface area (Å²) >= 11 is 0. The minimum absolute atomic E-state index is 0. The molecule has 0 bridgehead atoms. The molecule has 0 aliphatic carbocycles. The molecule has 0 saturated carbocycles. The Kier molecular flexibility index (Phi) is 7.72. The average molecular weight is 364 g/mol. The molecule has 25 heavy (non-hydrogen) atoms. The second-order valence-corrected chi connectivity index (χ2v) is 6.15. The monoisotopic (exact) mass is 363 g/mol. The van der Waals surface area contributed by atoms with Gasteiger partial charge in [-0.1, -0.05) is 42.5 Å². The minimum Gasteiger partial charge on any atom is -0.497 e. The van der Waals surface area contributed by atoms with E-state index in [9.17, 15) is 5.11 Å². The lowest BCUT2D eigenvalue weighted by Gasteiger charge is -2.33. The van der Waals surface area contributed by atoms with Gasteiger partial charge >= 0.3 is 0 Å². The number of morpholine rings is 1. The van der Waals surface area contributed by atoms with Gasteiger partial charge < -0.3 is 14.6 Å². The van der Waals surface area contributed by atoms with Gasteiger partial charge in [-0.05, 0) is 23.3 Å².